The number of benzene rings is 1. The predicted octanol–water partition coefficient (Wildman–Crippen LogP) is 4.54. The maximum atomic E-state index is 12.7. The van der Waals surface area contributed by atoms with Gasteiger partial charge in [-0.3, -0.25) is 4.79 Å². The molecule has 4 rings (SSSR count). The molecule has 0 unspecified atom stereocenters. The van der Waals surface area contributed by atoms with Crippen LogP contribution in [0.15, 0.2) is 36.1 Å². The molecule has 0 aliphatic heterocycles. The number of imidazole rings is 1. The molecule has 1 aromatic heterocycles. The first kappa shape index (κ1) is 20.9. The summed E-state index contributed by atoms with van der Waals surface area (Å²) >= 11 is 0. The van der Waals surface area contributed by atoms with E-state index in [2.05, 4.69) is 49.6 Å². The topological polar surface area (TPSA) is 75.3 Å². The summed E-state index contributed by atoms with van der Waals surface area (Å²) in [6.07, 6.45) is 3.26. The van der Waals surface area contributed by atoms with Gasteiger partial charge in [0.2, 0.25) is 0 Å². The second-order valence-electron chi connectivity index (χ2n) is 9.43. The van der Waals surface area contributed by atoms with Crippen molar-refractivity contribution < 1.29 is 15.0 Å². The van der Waals surface area contributed by atoms with Crippen molar-refractivity contribution in [1.29, 1.82) is 0 Å². The number of aromatic nitrogens is 2. The molecule has 1 aromatic carbocycles. The van der Waals surface area contributed by atoms with Gasteiger partial charge in [0.25, 0.3) is 0 Å². The van der Waals surface area contributed by atoms with Crippen molar-refractivity contribution in [2.75, 3.05) is 6.61 Å². The van der Waals surface area contributed by atoms with E-state index < -0.39 is 0 Å². The van der Waals surface area contributed by atoms with Crippen LogP contribution in [-0.2, 0) is 23.2 Å². The Morgan fingerprint density at radius 1 is 1.30 bits per heavy atom. The molecular formula is C25H32N2O3. The lowest BCUT2D eigenvalue weighted by Crippen LogP contribution is -2.48. The predicted molar refractivity (Wildman–Crippen MR) is 118 cm³/mol. The summed E-state index contributed by atoms with van der Waals surface area (Å²) in [5, 5.41) is 19.4. The second kappa shape index (κ2) is 7.69. The van der Waals surface area contributed by atoms with E-state index in [-0.39, 0.29) is 29.6 Å². The quantitative estimate of drug-likeness (QED) is 0.575. The van der Waals surface area contributed by atoms with Gasteiger partial charge in [-0.25, -0.2) is 4.98 Å². The average Bonchev–Trinajstić information content (AvgIpc) is 3.11. The van der Waals surface area contributed by atoms with Crippen molar-refractivity contribution in [3.8, 4) is 11.4 Å². The van der Waals surface area contributed by atoms with Gasteiger partial charge in [-0.05, 0) is 36.7 Å². The normalized spacial score (nSPS) is 27.4. The molecule has 1 fully saturated rings. The Labute approximate surface area is 178 Å². The highest BCUT2D eigenvalue weighted by Crippen LogP contribution is 2.52. The molecule has 2 aromatic rings. The highest BCUT2D eigenvalue weighted by molar-refractivity contribution is 5.98. The lowest BCUT2D eigenvalue weighted by Gasteiger charge is -2.47. The second-order valence-corrected chi connectivity index (χ2v) is 9.43. The van der Waals surface area contributed by atoms with Crippen molar-refractivity contribution in [2.45, 2.75) is 64.8 Å². The lowest BCUT2D eigenvalue weighted by atomic mass is 9.56. The molecular weight excluding hydrogens is 376 g/mol. The minimum absolute atomic E-state index is 0.0523. The van der Waals surface area contributed by atoms with E-state index in [9.17, 15) is 15.0 Å². The highest BCUT2D eigenvalue weighted by atomic mass is 16.3. The standard InChI is InChI=1S/C25H32N2O3/c1-15(2)17-5-7-18(8-6-17)24-26-23-21(27(24)11-12-28)10-9-20-16(3)22(30)19(14-29)13-25(20,23)4/h5-8,14-16,20,28-29H,9-13H2,1-4H3/b19-14-/t16-,20-,25-/m1/s1. The Hall–Kier alpha value is -2.40. The van der Waals surface area contributed by atoms with Crippen LogP contribution in [0.2, 0.25) is 0 Å². The Morgan fingerprint density at radius 3 is 2.60 bits per heavy atom. The van der Waals surface area contributed by atoms with Gasteiger partial charge in [-0.2, -0.15) is 0 Å². The van der Waals surface area contributed by atoms with Gasteiger partial charge in [0.05, 0.1) is 18.6 Å². The van der Waals surface area contributed by atoms with Gasteiger partial charge < -0.3 is 14.8 Å². The number of carbonyl (C=O) groups is 1. The maximum Gasteiger partial charge on any atom is 0.165 e. The fourth-order valence-electron chi connectivity index (χ4n) is 5.65. The monoisotopic (exact) mass is 408 g/mol. The number of aliphatic hydroxyl groups excluding tert-OH is 2. The SMILES string of the molecule is CC(C)c1ccc(-c2nc3c(n2CCO)CC[C@@H]2[C@@H](C)C(=O)/C(=C\O)C[C@@]32C)cc1. The third-order valence-corrected chi connectivity index (χ3v) is 7.33. The highest BCUT2D eigenvalue weighted by Gasteiger charge is 2.52. The van der Waals surface area contributed by atoms with E-state index in [1.165, 1.54) is 5.56 Å². The molecule has 1 saturated carbocycles. The summed E-state index contributed by atoms with van der Waals surface area (Å²) in [4.78, 5) is 17.8. The average molecular weight is 409 g/mol. The number of allylic oxidation sites excluding steroid dienone is 1. The van der Waals surface area contributed by atoms with Gasteiger partial charge in [0.1, 0.15) is 5.82 Å². The Kier molecular flexibility index (Phi) is 5.35. The molecule has 0 saturated heterocycles. The molecule has 2 aliphatic rings. The third kappa shape index (κ3) is 3.11. The van der Waals surface area contributed by atoms with E-state index in [1.807, 2.05) is 6.92 Å². The first-order chi connectivity index (χ1) is 14.3. The van der Waals surface area contributed by atoms with Gasteiger partial charge in [-0.15, -0.1) is 0 Å². The van der Waals surface area contributed by atoms with Crippen molar-refractivity contribution in [3.05, 3.63) is 53.1 Å². The van der Waals surface area contributed by atoms with Crippen LogP contribution in [0, 0.1) is 11.8 Å². The third-order valence-electron chi connectivity index (χ3n) is 7.33. The van der Waals surface area contributed by atoms with E-state index >= 15 is 0 Å². The van der Waals surface area contributed by atoms with E-state index in [4.69, 9.17) is 4.98 Å². The molecule has 5 heteroatoms. The molecule has 0 radical (unpaired) electrons. The van der Waals surface area contributed by atoms with Gasteiger partial charge in [-0.1, -0.05) is 52.0 Å². The van der Waals surface area contributed by atoms with Crippen LogP contribution in [0.3, 0.4) is 0 Å². The van der Waals surface area contributed by atoms with Crippen LogP contribution in [0.25, 0.3) is 11.4 Å². The molecule has 0 amide bonds. The summed E-state index contributed by atoms with van der Waals surface area (Å²) in [6, 6.07) is 8.52. The molecule has 160 valence electrons. The lowest BCUT2D eigenvalue weighted by molar-refractivity contribution is -0.124. The number of hydrogen-bond donors (Lipinski definition) is 2. The van der Waals surface area contributed by atoms with Crippen LogP contribution in [0.5, 0.6) is 0 Å². The minimum Gasteiger partial charge on any atom is -0.515 e. The first-order valence-corrected chi connectivity index (χ1v) is 11.0. The molecule has 0 bridgehead atoms. The fourth-order valence-corrected chi connectivity index (χ4v) is 5.65. The summed E-state index contributed by atoms with van der Waals surface area (Å²) in [5.41, 5.74) is 4.70. The molecule has 0 spiro atoms. The molecule has 2 N–H and O–H groups in total. The van der Waals surface area contributed by atoms with Gasteiger partial charge in [0, 0.05) is 34.7 Å². The van der Waals surface area contributed by atoms with Crippen molar-refractivity contribution >= 4 is 5.78 Å². The fraction of sp³-hybridized carbons (Fsp3) is 0.520. The van der Waals surface area contributed by atoms with Crippen LogP contribution >= 0.6 is 0 Å². The minimum atomic E-state index is -0.303. The van der Waals surface area contributed by atoms with Crippen molar-refractivity contribution in [1.82, 2.24) is 9.55 Å². The van der Waals surface area contributed by atoms with Gasteiger partial charge >= 0.3 is 0 Å². The maximum absolute atomic E-state index is 12.7. The number of ketones is 1. The molecule has 3 atom stereocenters. The number of rotatable bonds is 4. The van der Waals surface area contributed by atoms with Crippen molar-refractivity contribution in [3.63, 3.8) is 0 Å². The smallest absolute Gasteiger partial charge is 0.165 e. The number of nitrogens with zero attached hydrogens (tertiary/aromatic N) is 2. The Bertz CT molecular complexity index is 987. The Morgan fingerprint density at radius 2 is 2.00 bits per heavy atom. The largest absolute Gasteiger partial charge is 0.515 e. The number of hydrogen-bond acceptors (Lipinski definition) is 4. The number of carbonyl (C=O) groups excluding carboxylic acids is 1. The molecule has 2 aliphatic carbocycles. The zero-order chi connectivity index (χ0) is 21.6. The van der Waals surface area contributed by atoms with E-state index in [0.29, 0.717) is 24.5 Å². The molecule has 30 heavy (non-hydrogen) atoms. The molecule has 5 nitrogen and oxygen atoms in total. The number of fused-ring (bicyclic) bond motifs is 3. The summed E-state index contributed by atoms with van der Waals surface area (Å²) in [7, 11) is 0. The van der Waals surface area contributed by atoms with Crippen molar-refractivity contribution in [2.24, 2.45) is 11.8 Å². The van der Waals surface area contributed by atoms with Crippen LogP contribution in [0.4, 0.5) is 0 Å². The van der Waals surface area contributed by atoms with Crippen LogP contribution in [0.1, 0.15) is 63.4 Å². The van der Waals surface area contributed by atoms with Crippen LogP contribution < -0.4 is 0 Å². The summed E-state index contributed by atoms with van der Waals surface area (Å²) < 4.78 is 2.16. The van der Waals surface area contributed by atoms with E-state index in [1.54, 1.807) is 0 Å². The number of Topliss-reactive ketones (excluding diaryl/α,β-unsaturated/α-hetero) is 1. The molecule has 1 heterocycles. The van der Waals surface area contributed by atoms with E-state index in [0.717, 1.165) is 41.9 Å². The first-order valence-electron chi connectivity index (χ1n) is 11.0. The summed E-state index contributed by atoms with van der Waals surface area (Å²) in [6.45, 7) is 9.08. The summed E-state index contributed by atoms with van der Waals surface area (Å²) in [5.74, 6) is 1.48. The van der Waals surface area contributed by atoms with Crippen LogP contribution in [-0.4, -0.2) is 32.2 Å². The zero-order valence-corrected chi connectivity index (χ0v) is 18.4. The Balaban J connectivity index is 1.85. The van der Waals surface area contributed by atoms with Gasteiger partial charge in [0.15, 0.2) is 5.78 Å². The number of aliphatic hydroxyl groups is 2. The zero-order valence-electron chi connectivity index (χ0n) is 18.4.